The van der Waals surface area contributed by atoms with Gasteiger partial charge in [0.2, 0.25) is 0 Å². The van der Waals surface area contributed by atoms with E-state index in [2.05, 4.69) is 5.32 Å². The number of ether oxygens (including phenoxy) is 2. The number of hydrogen-bond donors (Lipinski definition) is 1. The van der Waals surface area contributed by atoms with E-state index < -0.39 is 24.6 Å². The van der Waals surface area contributed by atoms with Crippen LogP contribution < -0.4 is 10.1 Å². The van der Waals surface area contributed by atoms with Crippen molar-refractivity contribution in [2.75, 3.05) is 6.61 Å². The molecule has 0 unspecified atom stereocenters. The summed E-state index contributed by atoms with van der Waals surface area (Å²) >= 11 is 5.77. The summed E-state index contributed by atoms with van der Waals surface area (Å²) in [7, 11) is 0. The van der Waals surface area contributed by atoms with Crippen LogP contribution in [-0.2, 0) is 20.9 Å². The molecular formula is C18H17ClFNO4. The highest BCUT2D eigenvalue weighted by Gasteiger charge is 2.17. The molecule has 0 aliphatic rings. The Hall–Kier alpha value is -2.60. The molecule has 0 heterocycles. The second-order valence-electron chi connectivity index (χ2n) is 5.22. The molecule has 132 valence electrons. The molecule has 2 rings (SSSR count). The summed E-state index contributed by atoms with van der Waals surface area (Å²) in [5, 5.41) is 3.13. The molecular weight excluding hydrogens is 349 g/mol. The van der Waals surface area contributed by atoms with Gasteiger partial charge in [0.25, 0.3) is 5.91 Å². The van der Waals surface area contributed by atoms with E-state index >= 15 is 0 Å². The molecule has 2 aromatic carbocycles. The highest BCUT2D eigenvalue weighted by molar-refractivity contribution is 6.30. The molecule has 5 nitrogen and oxygen atoms in total. The third-order valence-corrected chi connectivity index (χ3v) is 3.46. The normalized spacial score (nSPS) is 11.5. The number of amides is 1. The summed E-state index contributed by atoms with van der Waals surface area (Å²) in [5.74, 6) is -1.00. The summed E-state index contributed by atoms with van der Waals surface area (Å²) < 4.78 is 23.1. The van der Waals surface area contributed by atoms with Gasteiger partial charge in [-0.3, -0.25) is 4.79 Å². The van der Waals surface area contributed by atoms with Gasteiger partial charge in [-0.25, -0.2) is 9.18 Å². The first kappa shape index (κ1) is 18.7. The van der Waals surface area contributed by atoms with Crippen LogP contribution in [0, 0.1) is 5.82 Å². The van der Waals surface area contributed by atoms with E-state index in [0.717, 1.165) is 5.56 Å². The third-order valence-electron chi connectivity index (χ3n) is 3.21. The first-order valence-electron chi connectivity index (χ1n) is 7.54. The van der Waals surface area contributed by atoms with Crippen molar-refractivity contribution < 1.29 is 23.5 Å². The number of hydrogen-bond acceptors (Lipinski definition) is 4. The molecule has 2 aromatic rings. The van der Waals surface area contributed by atoms with Crippen LogP contribution in [-0.4, -0.2) is 24.6 Å². The van der Waals surface area contributed by atoms with Crippen molar-refractivity contribution in [3.63, 3.8) is 0 Å². The lowest BCUT2D eigenvalue weighted by Crippen LogP contribution is -2.32. The first-order valence-corrected chi connectivity index (χ1v) is 7.92. The van der Waals surface area contributed by atoms with Crippen molar-refractivity contribution >= 4 is 23.5 Å². The van der Waals surface area contributed by atoms with Crippen LogP contribution in [0.1, 0.15) is 12.5 Å². The quantitative estimate of drug-likeness (QED) is 0.766. The number of halogens is 2. The lowest BCUT2D eigenvalue weighted by molar-refractivity contribution is -0.154. The van der Waals surface area contributed by atoms with Crippen molar-refractivity contribution in [2.45, 2.75) is 19.6 Å². The minimum Gasteiger partial charge on any atom is -0.479 e. The van der Waals surface area contributed by atoms with Crippen LogP contribution in [0.3, 0.4) is 0 Å². The van der Waals surface area contributed by atoms with Gasteiger partial charge in [-0.05, 0) is 48.9 Å². The largest absolute Gasteiger partial charge is 0.479 e. The monoisotopic (exact) mass is 365 g/mol. The molecule has 1 atom stereocenters. The van der Waals surface area contributed by atoms with E-state index in [4.69, 9.17) is 21.1 Å². The van der Waals surface area contributed by atoms with Gasteiger partial charge in [0.15, 0.2) is 12.7 Å². The fourth-order valence-electron chi connectivity index (χ4n) is 1.87. The second kappa shape index (κ2) is 9.03. The van der Waals surface area contributed by atoms with Crippen LogP contribution in [0.4, 0.5) is 4.39 Å². The summed E-state index contributed by atoms with van der Waals surface area (Å²) in [6.45, 7) is 1.31. The standard InChI is InChI=1S/C18H17ClFNO4/c1-12(25-16-8-4-14(19)5-9-16)18(23)24-11-17(22)21-10-13-2-6-15(20)7-3-13/h2-9,12H,10-11H2,1H3,(H,21,22)/t12-/m0/s1. The van der Waals surface area contributed by atoms with Crippen LogP contribution in [0.5, 0.6) is 5.75 Å². The summed E-state index contributed by atoms with van der Waals surface area (Å²) in [5.41, 5.74) is 0.737. The minimum absolute atomic E-state index is 0.216. The number of nitrogens with one attached hydrogen (secondary N) is 1. The van der Waals surface area contributed by atoms with E-state index in [0.29, 0.717) is 10.8 Å². The highest BCUT2D eigenvalue weighted by atomic mass is 35.5. The highest BCUT2D eigenvalue weighted by Crippen LogP contribution is 2.17. The molecule has 0 spiro atoms. The van der Waals surface area contributed by atoms with Crippen LogP contribution in [0.25, 0.3) is 0 Å². The first-order chi connectivity index (χ1) is 11.9. The maximum atomic E-state index is 12.8. The predicted octanol–water partition coefficient (Wildman–Crippen LogP) is 3.11. The van der Waals surface area contributed by atoms with Crippen molar-refractivity contribution in [2.24, 2.45) is 0 Å². The van der Waals surface area contributed by atoms with Gasteiger partial charge in [-0.2, -0.15) is 0 Å². The van der Waals surface area contributed by atoms with Crippen molar-refractivity contribution in [1.82, 2.24) is 5.32 Å². The summed E-state index contributed by atoms with van der Waals surface area (Å²) in [4.78, 5) is 23.5. The lowest BCUT2D eigenvalue weighted by Gasteiger charge is -2.14. The Labute approximate surface area is 149 Å². The Balaban J connectivity index is 1.71. The third kappa shape index (κ3) is 6.43. The molecule has 0 aliphatic heterocycles. The Morgan fingerprint density at radius 2 is 1.76 bits per heavy atom. The van der Waals surface area contributed by atoms with Gasteiger partial charge < -0.3 is 14.8 Å². The average molecular weight is 366 g/mol. The van der Waals surface area contributed by atoms with Gasteiger partial charge in [-0.15, -0.1) is 0 Å². The van der Waals surface area contributed by atoms with Crippen molar-refractivity contribution in [3.8, 4) is 5.75 Å². The van der Waals surface area contributed by atoms with Gasteiger partial charge in [-0.1, -0.05) is 23.7 Å². The number of rotatable bonds is 7. The van der Waals surface area contributed by atoms with Crippen LogP contribution >= 0.6 is 11.6 Å². The fourth-order valence-corrected chi connectivity index (χ4v) is 2.00. The summed E-state index contributed by atoms with van der Waals surface area (Å²) in [6.07, 6.45) is -0.869. The molecule has 7 heteroatoms. The van der Waals surface area contributed by atoms with Gasteiger partial charge >= 0.3 is 5.97 Å². The molecule has 1 amide bonds. The molecule has 0 saturated heterocycles. The molecule has 1 N–H and O–H groups in total. The number of benzene rings is 2. The topological polar surface area (TPSA) is 64.6 Å². The molecule has 0 radical (unpaired) electrons. The second-order valence-corrected chi connectivity index (χ2v) is 5.66. The predicted molar refractivity (Wildman–Crippen MR) is 90.7 cm³/mol. The van der Waals surface area contributed by atoms with Crippen LogP contribution in [0.2, 0.25) is 5.02 Å². The zero-order valence-electron chi connectivity index (χ0n) is 13.5. The van der Waals surface area contributed by atoms with Gasteiger partial charge in [0, 0.05) is 11.6 Å². The number of carbonyl (C=O) groups excluding carboxylic acids is 2. The molecule has 0 aromatic heterocycles. The van der Waals surface area contributed by atoms with Crippen molar-refractivity contribution in [1.29, 1.82) is 0 Å². The molecule has 0 saturated carbocycles. The number of carbonyl (C=O) groups is 2. The van der Waals surface area contributed by atoms with E-state index in [9.17, 15) is 14.0 Å². The maximum absolute atomic E-state index is 12.8. The molecule has 0 aliphatic carbocycles. The molecule has 0 fully saturated rings. The smallest absolute Gasteiger partial charge is 0.347 e. The SMILES string of the molecule is C[C@H](Oc1ccc(Cl)cc1)C(=O)OCC(=O)NCc1ccc(F)cc1. The maximum Gasteiger partial charge on any atom is 0.347 e. The zero-order chi connectivity index (χ0) is 18.2. The Bertz CT molecular complexity index is 719. The van der Waals surface area contributed by atoms with E-state index in [1.54, 1.807) is 36.4 Å². The lowest BCUT2D eigenvalue weighted by atomic mass is 10.2. The zero-order valence-corrected chi connectivity index (χ0v) is 14.3. The average Bonchev–Trinajstić information content (AvgIpc) is 2.61. The van der Waals surface area contributed by atoms with Crippen molar-refractivity contribution in [3.05, 3.63) is 64.9 Å². The molecule has 25 heavy (non-hydrogen) atoms. The number of esters is 1. The van der Waals surface area contributed by atoms with E-state index in [1.165, 1.54) is 19.1 Å². The Morgan fingerprint density at radius 1 is 1.12 bits per heavy atom. The van der Waals surface area contributed by atoms with Gasteiger partial charge in [0.1, 0.15) is 11.6 Å². The summed E-state index contributed by atoms with van der Waals surface area (Å²) in [6, 6.07) is 12.3. The van der Waals surface area contributed by atoms with Crippen LogP contribution in [0.15, 0.2) is 48.5 Å². The Kier molecular flexibility index (Phi) is 6.77. The Morgan fingerprint density at radius 3 is 2.40 bits per heavy atom. The van der Waals surface area contributed by atoms with Gasteiger partial charge in [0.05, 0.1) is 0 Å². The van der Waals surface area contributed by atoms with E-state index in [1.807, 2.05) is 0 Å². The minimum atomic E-state index is -0.869. The fraction of sp³-hybridized carbons (Fsp3) is 0.222. The van der Waals surface area contributed by atoms with E-state index in [-0.39, 0.29) is 12.4 Å². The molecule has 0 bridgehead atoms.